The zero-order valence-electron chi connectivity index (χ0n) is 14.0. The molecule has 0 saturated heterocycles. The van der Waals surface area contributed by atoms with Crippen molar-refractivity contribution in [2.75, 3.05) is 12.4 Å². The van der Waals surface area contributed by atoms with Crippen molar-refractivity contribution in [1.29, 1.82) is 0 Å². The molecule has 0 aliphatic heterocycles. The van der Waals surface area contributed by atoms with Crippen LogP contribution < -0.4 is 10.0 Å². The number of anilines is 1. The third-order valence-corrected chi connectivity index (χ3v) is 5.06. The fraction of sp³-hybridized carbons (Fsp3) is 0.118. The van der Waals surface area contributed by atoms with Crippen molar-refractivity contribution < 1.29 is 13.2 Å². The Hall–Kier alpha value is -3.04. The number of nitrogens with zero attached hydrogens (tertiary/aromatic N) is 3. The lowest BCUT2D eigenvalue weighted by Gasteiger charge is -2.05. The molecule has 3 rings (SSSR count). The summed E-state index contributed by atoms with van der Waals surface area (Å²) in [4.78, 5) is 16.6. The maximum atomic E-state index is 12.3. The zero-order valence-corrected chi connectivity index (χ0v) is 14.8. The van der Waals surface area contributed by atoms with Gasteiger partial charge in [-0.15, -0.1) is 0 Å². The Morgan fingerprint density at radius 1 is 1.12 bits per heavy atom. The molecule has 0 spiro atoms. The number of carbonyl (C=O) groups excluding carboxylic acids is 1. The predicted octanol–water partition coefficient (Wildman–Crippen LogP) is 1.49. The molecule has 2 aromatic heterocycles. The van der Waals surface area contributed by atoms with Crippen molar-refractivity contribution in [3.63, 3.8) is 0 Å². The minimum absolute atomic E-state index is 0.0937. The van der Waals surface area contributed by atoms with E-state index in [4.69, 9.17) is 0 Å². The van der Waals surface area contributed by atoms with Gasteiger partial charge < -0.3 is 5.32 Å². The SMILES string of the molecule is CNS(=O)(=O)c1ccc(C(=O)Nc2ccn(Cc3ccccn3)n2)cc1. The highest BCUT2D eigenvalue weighted by molar-refractivity contribution is 7.89. The molecule has 0 bridgehead atoms. The molecule has 0 fully saturated rings. The summed E-state index contributed by atoms with van der Waals surface area (Å²) in [6, 6.07) is 13.0. The molecule has 0 aliphatic carbocycles. The van der Waals surface area contributed by atoms with Gasteiger partial charge in [0.2, 0.25) is 10.0 Å². The second-order valence-corrected chi connectivity index (χ2v) is 7.29. The lowest BCUT2D eigenvalue weighted by Crippen LogP contribution is -2.19. The van der Waals surface area contributed by atoms with Gasteiger partial charge in [0.05, 0.1) is 17.1 Å². The minimum Gasteiger partial charge on any atom is -0.305 e. The molecule has 2 N–H and O–H groups in total. The van der Waals surface area contributed by atoms with Gasteiger partial charge in [-0.05, 0) is 43.4 Å². The van der Waals surface area contributed by atoms with Gasteiger partial charge in [-0.2, -0.15) is 5.10 Å². The van der Waals surface area contributed by atoms with Crippen molar-refractivity contribution in [2.24, 2.45) is 0 Å². The first kappa shape index (κ1) is 17.8. The molecule has 2 heterocycles. The first-order valence-electron chi connectivity index (χ1n) is 7.76. The number of carbonyl (C=O) groups is 1. The fourth-order valence-electron chi connectivity index (χ4n) is 2.27. The van der Waals surface area contributed by atoms with E-state index in [1.54, 1.807) is 23.1 Å². The van der Waals surface area contributed by atoms with Crippen LogP contribution in [0, 0.1) is 0 Å². The van der Waals surface area contributed by atoms with E-state index >= 15 is 0 Å². The van der Waals surface area contributed by atoms with Gasteiger partial charge in [-0.3, -0.25) is 14.5 Å². The summed E-state index contributed by atoms with van der Waals surface area (Å²) >= 11 is 0. The van der Waals surface area contributed by atoms with Gasteiger partial charge >= 0.3 is 0 Å². The lowest BCUT2D eigenvalue weighted by atomic mass is 10.2. The summed E-state index contributed by atoms with van der Waals surface area (Å²) in [5.74, 6) is 0.0272. The van der Waals surface area contributed by atoms with Crippen LogP contribution in [0.4, 0.5) is 5.82 Å². The summed E-state index contributed by atoms with van der Waals surface area (Å²) in [6.45, 7) is 0.493. The van der Waals surface area contributed by atoms with E-state index in [9.17, 15) is 13.2 Å². The van der Waals surface area contributed by atoms with E-state index in [1.807, 2.05) is 18.2 Å². The lowest BCUT2D eigenvalue weighted by molar-refractivity contribution is 0.102. The molecule has 0 aliphatic rings. The Balaban J connectivity index is 1.67. The maximum absolute atomic E-state index is 12.3. The van der Waals surface area contributed by atoms with Crippen molar-refractivity contribution in [2.45, 2.75) is 11.4 Å². The van der Waals surface area contributed by atoms with Crippen molar-refractivity contribution in [1.82, 2.24) is 19.5 Å². The number of aromatic nitrogens is 3. The maximum Gasteiger partial charge on any atom is 0.256 e. The largest absolute Gasteiger partial charge is 0.305 e. The predicted molar refractivity (Wildman–Crippen MR) is 96.2 cm³/mol. The number of pyridine rings is 1. The molecule has 134 valence electrons. The van der Waals surface area contributed by atoms with Crippen LogP contribution in [0.15, 0.2) is 65.8 Å². The summed E-state index contributed by atoms with van der Waals surface area (Å²) in [6.07, 6.45) is 3.45. The second kappa shape index (κ2) is 7.46. The Kier molecular flexibility index (Phi) is 5.10. The molecular weight excluding hydrogens is 354 g/mol. The topological polar surface area (TPSA) is 106 Å². The van der Waals surface area contributed by atoms with E-state index in [-0.39, 0.29) is 10.8 Å². The smallest absolute Gasteiger partial charge is 0.256 e. The quantitative estimate of drug-likeness (QED) is 0.683. The summed E-state index contributed by atoms with van der Waals surface area (Å²) < 4.78 is 27.3. The highest BCUT2D eigenvalue weighted by atomic mass is 32.2. The van der Waals surface area contributed by atoms with Gasteiger partial charge in [-0.1, -0.05) is 6.07 Å². The number of rotatable bonds is 6. The van der Waals surface area contributed by atoms with E-state index in [2.05, 4.69) is 20.1 Å². The number of hydrogen-bond donors (Lipinski definition) is 2. The van der Waals surface area contributed by atoms with Crippen LogP contribution in [0.25, 0.3) is 0 Å². The van der Waals surface area contributed by atoms with Gasteiger partial charge in [0.15, 0.2) is 5.82 Å². The normalized spacial score (nSPS) is 11.3. The van der Waals surface area contributed by atoms with Crippen molar-refractivity contribution in [3.05, 3.63) is 72.2 Å². The summed E-state index contributed by atoms with van der Waals surface area (Å²) in [5.41, 5.74) is 1.19. The third-order valence-electron chi connectivity index (χ3n) is 3.63. The Labute approximate surface area is 150 Å². The fourth-order valence-corrected chi connectivity index (χ4v) is 3.00. The highest BCUT2D eigenvalue weighted by Gasteiger charge is 2.13. The molecule has 1 aromatic carbocycles. The number of hydrogen-bond acceptors (Lipinski definition) is 5. The molecule has 26 heavy (non-hydrogen) atoms. The molecule has 9 heteroatoms. The molecule has 0 unspecified atom stereocenters. The monoisotopic (exact) mass is 371 g/mol. The van der Waals surface area contributed by atoms with E-state index < -0.39 is 10.0 Å². The van der Waals surface area contributed by atoms with Crippen LogP contribution in [0.3, 0.4) is 0 Å². The third kappa shape index (κ3) is 4.13. The average Bonchev–Trinajstić information content (AvgIpc) is 3.09. The molecule has 0 radical (unpaired) electrons. The van der Waals surface area contributed by atoms with Crippen molar-refractivity contribution in [3.8, 4) is 0 Å². The van der Waals surface area contributed by atoms with Crippen molar-refractivity contribution >= 4 is 21.7 Å². The second-order valence-electron chi connectivity index (χ2n) is 5.41. The van der Waals surface area contributed by atoms with Crippen LogP contribution in [-0.2, 0) is 16.6 Å². The number of amides is 1. The number of sulfonamides is 1. The Bertz CT molecular complexity index is 998. The van der Waals surface area contributed by atoms with Gasteiger partial charge in [0.25, 0.3) is 5.91 Å². The summed E-state index contributed by atoms with van der Waals surface area (Å²) in [5, 5.41) is 6.96. The highest BCUT2D eigenvalue weighted by Crippen LogP contribution is 2.12. The van der Waals surface area contributed by atoms with E-state index in [1.165, 1.54) is 31.3 Å². The average molecular weight is 371 g/mol. The van der Waals surface area contributed by atoms with Crippen LogP contribution in [0.1, 0.15) is 16.1 Å². The first-order chi connectivity index (χ1) is 12.5. The molecular formula is C17H17N5O3S. The zero-order chi connectivity index (χ0) is 18.6. The van der Waals surface area contributed by atoms with Crippen LogP contribution in [0.5, 0.6) is 0 Å². The Morgan fingerprint density at radius 2 is 1.88 bits per heavy atom. The van der Waals surface area contributed by atoms with Gasteiger partial charge in [-0.25, -0.2) is 13.1 Å². The first-order valence-corrected chi connectivity index (χ1v) is 9.24. The molecule has 8 nitrogen and oxygen atoms in total. The number of nitrogens with one attached hydrogen (secondary N) is 2. The van der Waals surface area contributed by atoms with Crippen LogP contribution in [-0.4, -0.2) is 36.1 Å². The minimum atomic E-state index is -3.53. The molecule has 3 aromatic rings. The van der Waals surface area contributed by atoms with Crippen LogP contribution >= 0.6 is 0 Å². The van der Waals surface area contributed by atoms with E-state index in [0.29, 0.717) is 17.9 Å². The van der Waals surface area contributed by atoms with Gasteiger partial charge in [0.1, 0.15) is 0 Å². The molecule has 0 atom stereocenters. The van der Waals surface area contributed by atoms with Crippen LogP contribution in [0.2, 0.25) is 0 Å². The van der Waals surface area contributed by atoms with E-state index in [0.717, 1.165) is 5.69 Å². The Morgan fingerprint density at radius 3 is 2.54 bits per heavy atom. The van der Waals surface area contributed by atoms with Gasteiger partial charge in [0, 0.05) is 24.0 Å². The standard InChI is InChI=1S/C17H17N5O3S/c1-18-26(24,25)15-7-5-13(6-8-15)17(23)20-16-9-11-22(21-16)12-14-4-2-3-10-19-14/h2-11,18H,12H2,1H3,(H,20,21,23). The molecule has 1 amide bonds. The summed E-state index contributed by atoms with van der Waals surface area (Å²) in [7, 11) is -2.20. The number of benzene rings is 1. The molecule has 0 saturated carbocycles.